The number of hydrogen-bond donors (Lipinski definition) is 2. The molecule has 0 radical (unpaired) electrons. The predicted molar refractivity (Wildman–Crippen MR) is 102 cm³/mol. The molecule has 2 rings (SSSR count). The Kier molecular flexibility index (Phi) is 7.38. The third-order valence-electron chi connectivity index (χ3n) is 4.94. The highest BCUT2D eigenvalue weighted by Gasteiger charge is 2.33. The number of aryl methyl sites for hydroxylation is 1. The zero-order chi connectivity index (χ0) is 20.0. The number of carbonyl (C=O) groups excluding carboxylic acids is 1. The van der Waals surface area contributed by atoms with Crippen molar-refractivity contribution in [3.8, 4) is 0 Å². The molecule has 1 fully saturated rings. The maximum absolute atomic E-state index is 12.7. The molecule has 1 atom stereocenters. The summed E-state index contributed by atoms with van der Waals surface area (Å²) in [4.78, 5) is 23.9. The minimum absolute atomic E-state index is 0.251. The van der Waals surface area contributed by atoms with Crippen molar-refractivity contribution in [2.75, 3.05) is 13.1 Å². The molecule has 0 unspecified atom stereocenters. The molecule has 27 heavy (non-hydrogen) atoms. The number of aliphatic carboxylic acids is 1. The van der Waals surface area contributed by atoms with Crippen LogP contribution in [0, 0.1) is 12.8 Å². The monoisotopic (exact) mass is 396 g/mol. The van der Waals surface area contributed by atoms with E-state index in [2.05, 4.69) is 5.32 Å². The molecule has 8 heteroatoms. The summed E-state index contributed by atoms with van der Waals surface area (Å²) in [5.41, 5.74) is 0.986. The van der Waals surface area contributed by atoms with E-state index >= 15 is 0 Å². The van der Waals surface area contributed by atoms with Crippen molar-refractivity contribution in [3.63, 3.8) is 0 Å². The molecule has 7 nitrogen and oxygen atoms in total. The van der Waals surface area contributed by atoms with Crippen molar-refractivity contribution in [1.82, 2.24) is 9.62 Å². The molecular formula is C19H28N2O5S. The molecule has 2 N–H and O–H groups in total. The second-order valence-corrected chi connectivity index (χ2v) is 8.97. The van der Waals surface area contributed by atoms with Crippen molar-refractivity contribution < 1.29 is 23.1 Å². The van der Waals surface area contributed by atoms with E-state index in [4.69, 9.17) is 0 Å². The first kappa shape index (κ1) is 21.4. The molecule has 1 saturated heterocycles. The molecule has 1 aliphatic rings. The number of hydrogen-bond acceptors (Lipinski definition) is 4. The summed E-state index contributed by atoms with van der Waals surface area (Å²) >= 11 is 0. The van der Waals surface area contributed by atoms with Crippen molar-refractivity contribution in [1.29, 1.82) is 0 Å². The first-order valence-corrected chi connectivity index (χ1v) is 10.8. The number of nitrogens with zero attached hydrogens (tertiary/aromatic N) is 1. The topological polar surface area (TPSA) is 104 Å². The van der Waals surface area contributed by atoms with Crippen molar-refractivity contribution in [3.05, 3.63) is 29.8 Å². The van der Waals surface area contributed by atoms with E-state index in [9.17, 15) is 23.1 Å². The predicted octanol–water partition coefficient (Wildman–Crippen LogP) is 2.16. The SMILES string of the molecule is CCCC[C@H](NC(=O)C1CCN(S(=O)(=O)c2ccc(C)cc2)CC1)C(=O)O. The summed E-state index contributed by atoms with van der Waals surface area (Å²) < 4.78 is 26.8. The van der Waals surface area contributed by atoms with E-state index in [1.807, 2.05) is 13.8 Å². The number of sulfonamides is 1. The number of carboxylic acid groups (broad SMARTS) is 1. The van der Waals surface area contributed by atoms with Crippen LogP contribution in [-0.4, -0.2) is 48.8 Å². The van der Waals surface area contributed by atoms with Crippen LogP contribution in [0.15, 0.2) is 29.2 Å². The molecule has 1 heterocycles. The van der Waals surface area contributed by atoms with Crippen LogP contribution < -0.4 is 5.32 Å². The van der Waals surface area contributed by atoms with E-state index in [0.717, 1.165) is 18.4 Å². The Hall–Kier alpha value is -1.93. The second kappa shape index (κ2) is 9.32. The number of carbonyl (C=O) groups is 2. The average Bonchev–Trinajstić information content (AvgIpc) is 2.65. The van der Waals surface area contributed by atoms with Gasteiger partial charge in [-0.15, -0.1) is 0 Å². The van der Waals surface area contributed by atoms with Gasteiger partial charge >= 0.3 is 5.97 Å². The van der Waals surface area contributed by atoms with Gasteiger partial charge in [-0.3, -0.25) is 4.79 Å². The quantitative estimate of drug-likeness (QED) is 0.701. The first-order valence-electron chi connectivity index (χ1n) is 9.35. The number of piperidine rings is 1. The molecule has 1 amide bonds. The Balaban J connectivity index is 1.94. The lowest BCUT2D eigenvalue weighted by atomic mass is 9.96. The summed E-state index contributed by atoms with van der Waals surface area (Å²) in [5.74, 6) is -1.69. The highest BCUT2D eigenvalue weighted by Crippen LogP contribution is 2.24. The largest absolute Gasteiger partial charge is 0.480 e. The van der Waals surface area contributed by atoms with Crippen LogP contribution in [0.3, 0.4) is 0 Å². The van der Waals surface area contributed by atoms with E-state index in [0.29, 0.717) is 19.3 Å². The summed E-state index contributed by atoms with van der Waals surface area (Å²) in [5, 5.41) is 11.8. The number of amides is 1. The number of rotatable bonds is 8. The molecule has 0 spiro atoms. The third-order valence-corrected chi connectivity index (χ3v) is 6.86. The summed E-state index contributed by atoms with van der Waals surface area (Å²) in [6.45, 7) is 4.36. The van der Waals surface area contributed by atoms with Gasteiger partial charge in [-0.1, -0.05) is 37.5 Å². The maximum atomic E-state index is 12.7. The lowest BCUT2D eigenvalue weighted by molar-refractivity contribution is -0.142. The van der Waals surface area contributed by atoms with E-state index in [-0.39, 0.29) is 29.8 Å². The van der Waals surface area contributed by atoms with Crippen LogP contribution in [0.25, 0.3) is 0 Å². The van der Waals surface area contributed by atoms with Gasteiger partial charge in [0, 0.05) is 19.0 Å². The zero-order valence-corrected chi connectivity index (χ0v) is 16.7. The fraction of sp³-hybridized carbons (Fsp3) is 0.579. The molecule has 1 aliphatic heterocycles. The third kappa shape index (κ3) is 5.52. The molecule has 0 aliphatic carbocycles. The molecule has 0 bridgehead atoms. The average molecular weight is 397 g/mol. The van der Waals surface area contributed by atoms with E-state index < -0.39 is 22.0 Å². The zero-order valence-electron chi connectivity index (χ0n) is 15.8. The molecule has 150 valence electrons. The minimum atomic E-state index is -3.57. The van der Waals surface area contributed by atoms with Crippen molar-refractivity contribution in [2.24, 2.45) is 5.92 Å². The van der Waals surface area contributed by atoms with Gasteiger partial charge in [-0.05, 0) is 38.3 Å². The highest BCUT2D eigenvalue weighted by atomic mass is 32.2. The Bertz CT molecular complexity index is 753. The Morgan fingerprint density at radius 3 is 2.33 bits per heavy atom. The lowest BCUT2D eigenvalue weighted by Crippen LogP contribution is -2.47. The summed E-state index contributed by atoms with van der Waals surface area (Å²) in [7, 11) is -3.57. The second-order valence-electron chi connectivity index (χ2n) is 7.03. The summed E-state index contributed by atoms with van der Waals surface area (Å²) in [6.07, 6.45) is 2.76. The van der Waals surface area contributed by atoms with Gasteiger partial charge in [0.05, 0.1) is 4.90 Å². The molecule has 0 aromatic heterocycles. The van der Waals surface area contributed by atoms with Crippen molar-refractivity contribution >= 4 is 21.9 Å². The Morgan fingerprint density at radius 1 is 1.22 bits per heavy atom. The van der Waals surface area contributed by atoms with E-state index in [1.165, 1.54) is 4.31 Å². The van der Waals surface area contributed by atoms with Crippen LogP contribution in [0.4, 0.5) is 0 Å². The smallest absolute Gasteiger partial charge is 0.326 e. The van der Waals surface area contributed by atoms with Gasteiger partial charge in [0.1, 0.15) is 6.04 Å². The fourth-order valence-corrected chi connectivity index (χ4v) is 4.64. The molecule has 1 aromatic carbocycles. The van der Waals surface area contributed by atoms with Crippen LogP contribution in [0.2, 0.25) is 0 Å². The maximum Gasteiger partial charge on any atom is 0.326 e. The highest BCUT2D eigenvalue weighted by molar-refractivity contribution is 7.89. The number of nitrogens with one attached hydrogen (secondary N) is 1. The Morgan fingerprint density at radius 2 is 1.81 bits per heavy atom. The molecular weight excluding hydrogens is 368 g/mol. The molecule has 1 aromatic rings. The molecule has 0 saturated carbocycles. The lowest BCUT2D eigenvalue weighted by Gasteiger charge is -2.31. The minimum Gasteiger partial charge on any atom is -0.480 e. The van der Waals surface area contributed by atoms with Crippen LogP contribution in [-0.2, 0) is 19.6 Å². The van der Waals surface area contributed by atoms with Gasteiger partial charge < -0.3 is 10.4 Å². The van der Waals surface area contributed by atoms with Gasteiger partial charge in [0.15, 0.2) is 0 Å². The van der Waals surface area contributed by atoms with Crippen LogP contribution in [0.1, 0.15) is 44.6 Å². The normalized spacial score (nSPS) is 17.4. The number of unbranched alkanes of at least 4 members (excludes halogenated alkanes) is 1. The number of carboxylic acids is 1. The summed E-state index contributed by atoms with van der Waals surface area (Å²) in [6, 6.07) is 5.82. The number of benzene rings is 1. The fourth-order valence-electron chi connectivity index (χ4n) is 3.17. The van der Waals surface area contributed by atoms with Crippen LogP contribution in [0.5, 0.6) is 0 Å². The van der Waals surface area contributed by atoms with Gasteiger partial charge in [-0.25, -0.2) is 13.2 Å². The standard InChI is InChI=1S/C19H28N2O5S/c1-3-4-5-17(19(23)24)20-18(22)15-10-12-21(13-11-15)27(25,26)16-8-6-14(2)7-9-16/h6-9,15,17H,3-5,10-13H2,1-2H3,(H,20,22)(H,23,24)/t17-/m0/s1. The first-order chi connectivity index (χ1) is 12.8. The van der Waals surface area contributed by atoms with E-state index in [1.54, 1.807) is 24.3 Å². The Labute approximate surface area is 160 Å². The van der Waals surface area contributed by atoms with Crippen molar-refractivity contribution in [2.45, 2.75) is 56.9 Å². The van der Waals surface area contributed by atoms with Gasteiger partial charge in [0.25, 0.3) is 0 Å². The van der Waals surface area contributed by atoms with Gasteiger partial charge in [0.2, 0.25) is 15.9 Å². The van der Waals surface area contributed by atoms with Crippen LogP contribution >= 0.6 is 0 Å². The van der Waals surface area contributed by atoms with Gasteiger partial charge in [-0.2, -0.15) is 4.31 Å².